The van der Waals surface area contributed by atoms with Crippen LogP contribution in [0.2, 0.25) is 0 Å². The lowest BCUT2D eigenvalue weighted by atomic mass is 10.1. The van der Waals surface area contributed by atoms with Crippen LogP contribution in [0.5, 0.6) is 0 Å². The smallest absolute Gasteiger partial charge is 0.248 e. The molecule has 2 N–H and O–H groups in total. The Morgan fingerprint density at radius 3 is 2.48 bits per heavy atom. The number of rotatable bonds is 2. The molecule has 2 aromatic carbocycles. The third-order valence-corrected chi connectivity index (χ3v) is 3.48. The number of amides is 1. The Kier molecular flexibility index (Phi) is 2.96. The number of nitriles is 1. The quantitative estimate of drug-likeness (QED) is 0.781. The lowest BCUT2D eigenvalue weighted by molar-refractivity contribution is 0.100. The Bertz CT molecular complexity index is 883. The fraction of sp³-hybridized carbons (Fsp3) is 0.0588. The average molecular weight is 275 g/mol. The summed E-state index contributed by atoms with van der Waals surface area (Å²) in [6.07, 6.45) is 0. The Hall–Kier alpha value is -3.06. The lowest BCUT2D eigenvalue weighted by Crippen LogP contribution is -2.10. The van der Waals surface area contributed by atoms with Gasteiger partial charge in [-0.1, -0.05) is 12.1 Å². The number of carbonyl (C=O) groups is 1. The van der Waals surface area contributed by atoms with Crippen LogP contribution < -0.4 is 5.73 Å². The van der Waals surface area contributed by atoms with Crippen LogP contribution in [0.25, 0.3) is 16.6 Å². The van der Waals surface area contributed by atoms with Crippen LogP contribution in [-0.4, -0.2) is 10.5 Å². The minimum Gasteiger partial charge on any atom is -0.366 e. The van der Waals surface area contributed by atoms with Gasteiger partial charge in [0.05, 0.1) is 5.52 Å². The van der Waals surface area contributed by atoms with Crippen molar-refractivity contribution in [3.05, 3.63) is 65.4 Å². The third kappa shape index (κ3) is 2.15. The maximum absolute atomic E-state index is 11.1. The minimum absolute atomic E-state index is 0.449. The SMILES string of the molecule is Cc1ccc2cc(C#N)n(-c3ccc(C(N)=O)cc3)c2c1. The molecule has 3 aromatic rings. The van der Waals surface area contributed by atoms with Crippen molar-refractivity contribution in [2.75, 3.05) is 0 Å². The molecular weight excluding hydrogens is 262 g/mol. The molecule has 0 saturated heterocycles. The molecule has 3 rings (SSSR count). The highest BCUT2D eigenvalue weighted by Gasteiger charge is 2.11. The molecule has 0 saturated carbocycles. The number of aryl methyl sites for hydroxylation is 1. The summed E-state index contributed by atoms with van der Waals surface area (Å²) in [7, 11) is 0. The molecular formula is C17H13N3O. The second-order valence-electron chi connectivity index (χ2n) is 4.95. The predicted octanol–water partition coefficient (Wildman–Crippen LogP) is 2.91. The highest BCUT2D eigenvalue weighted by atomic mass is 16.1. The van der Waals surface area contributed by atoms with Gasteiger partial charge in [-0.05, 0) is 48.9 Å². The summed E-state index contributed by atoms with van der Waals surface area (Å²) in [5.74, 6) is -0.463. The molecule has 1 heterocycles. The van der Waals surface area contributed by atoms with Gasteiger partial charge < -0.3 is 10.3 Å². The summed E-state index contributed by atoms with van der Waals surface area (Å²) in [5, 5.41) is 10.4. The largest absolute Gasteiger partial charge is 0.366 e. The van der Waals surface area contributed by atoms with Crippen LogP contribution >= 0.6 is 0 Å². The molecule has 0 bridgehead atoms. The van der Waals surface area contributed by atoms with E-state index in [0.29, 0.717) is 11.3 Å². The van der Waals surface area contributed by atoms with Crippen molar-refractivity contribution in [1.82, 2.24) is 4.57 Å². The van der Waals surface area contributed by atoms with Crippen LogP contribution in [0.15, 0.2) is 48.5 Å². The van der Waals surface area contributed by atoms with Crippen LogP contribution in [0.4, 0.5) is 0 Å². The summed E-state index contributed by atoms with van der Waals surface area (Å²) in [6, 6.07) is 17.1. The van der Waals surface area contributed by atoms with Crippen molar-refractivity contribution < 1.29 is 4.79 Å². The summed E-state index contributed by atoms with van der Waals surface area (Å²) in [5.41, 5.74) is 9.18. The fourth-order valence-corrected chi connectivity index (χ4v) is 2.45. The molecule has 0 atom stereocenters. The van der Waals surface area contributed by atoms with E-state index in [1.807, 2.05) is 35.8 Å². The number of hydrogen-bond acceptors (Lipinski definition) is 2. The molecule has 4 heteroatoms. The van der Waals surface area contributed by atoms with Gasteiger partial charge in [0.1, 0.15) is 11.8 Å². The number of hydrogen-bond donors (Lipinski definition) is 1. The first-order valence-electron chi connectivity index (χ1n) is 6.52. The van der Waals surface area contributed by atoms with E-state index in [0.717, 1.165) is 22.2 Å². The standard InChI is InChI=1S/C17H13N3O/c1-11-2-3-13-9-15(10-18)20(16(13)8-11)14-6-4-12(5-7-14)17(19)21/h2-9H,1H3,(H2,19,21). The van der Waals surface area contributed by atoms with Gasteiger partial charge in [-0.2, -0.15) is 5.26 Å². The number of carbonyl (C=O) groups excluding carboxylic acids is 1. The van der Waals surface area contributed by atoms with Gasteiger partial charge in [0.2, 0.25) is 5.91 Å². The number of nitrogens with zero attached hydrogens (tertiary/aromatic N) is 2. The number of fused-ring (bicyclic) bond motifs is 1. The van der Waals surface area contributed by atoms with E-state index in [1.54, 1.807) is 24.3 Å². The molecule has 0 radical (unpaired) electrons. The van der Waals surface area contributed by atoms with Crippen LogP contribution in [-0.2, 0) is 0 Å². The van der Waals surface area contributed by atoms with E-state index in [4.69, 9.17) is 5.73 Å². The van der Waals surface area contributed by atoms with Gasteiger partial charge in [-0.15, -0.1) is 0 Å². The molecule has 0 aliphatic carbocycles. The maximum atomic E-state index is 11.1. The topological polar surface area (TPSA) is 71.8 Å². The zero-order valence-electron chi connectivity index (χ0n) is 11.5. The molecule has 0 aliphatic rings. The highest BCUT2D eigenvalue weighted by molar-refractivity contribution is 5.93. The highest BCUT2D eigenvalue weighted by Crippen LogP contribution is 2.25. The summed E-state index contributed by atoms with van der Waals surface area (Å²) in [4.78, 5) is 11.1. The summed E-state index contributed by atoms with van der Waals surface area (Å²) >= 11 is 0. The first-order valence-corrected chi connectivity index (χ1v) is 6.52. The molecule has 4 nitrogen and oxygen atoms in total. The maximum Gasteiger partial charge on any atom is 0.248 e. The second kappa shape index (κ2) is 4.80. The second-order valence-corrected chi connectivity index (χ2v) is 4.95. The average Bonchev–Trinajstić information content (AvgIpc) is 2.85. The van der Waals surface area contributed by atoms with Crippen LogP contribution in [0, 0.1) is 18.3 Å². The normalized spacial score (nSPS) is 10.5. The Morgan fingerprint density at radius 1 is 1.14 bits per heavy atom. The van der Waals surface area contributed by atoms with Gasteiger partial charge in [0, 0.05) is 16.6 Å². The number of primary amides is 1. The number of aromatic nitrogens is 1. The number of nitrogens with two attached hydrogens (primary N) is 1. The van der Waals surface area contributed by atoms with Crippen LogP contribution in [0.1, 0.15) is 21.6 Å². The Morgan fingerprint density at radius 2 is 1.86 bits per heavy atom. The molecule has 102 valence electrons. The van der Waals surface area contributed by atoms with Gasteiger partial charge in [-0.3, -0.25) is 4.79 Å². The van der Waals surface area contributed by atoms with Crippen molar-refractivity contribution in [2.45, 2.75) is 6.92 Å². The van der Waals surface area contributed by atoms with Gasteiger partial charge in [0.15, 0.2) is 0 Å². The summed E-state index contributed by atoms with van der Waals surface area (Å²) < 4.78 is 1.88. The lowest BCUT2D eigenvalue weighted by Gasteiger charge is -2.08. The van der Waals surface area contributed by atoms with Crippen molar-refractivity contribution in [2.24, 2.45) is 5.73 Å². The van der Waals surface area contributed by atoms with E-state index in [-0.39, 0.29) is 0 Å². The predicted molar refractivity (Wildman–Crippen MR) is 81.2 cm³/mol. The molecule has 0 fully saturated rings. The molecule has 0 unspecified atom stereocenters. The minimum atomic E-state index is -0.463. The van der Waals surface area contributed by atoms with E-state index in [2.05, 4.69) is 6.07 Å². The molecule has 21 heavy (non-hydrogen) atoms. The first kappa shape index (κ1) is 12.9. The Labute approximate surface area is 122 Å². The monoisotopic (exact) mass is 275 g/mol. The zero-order valence-corrected chi connectivity index (χ0v) is 11.5. The third-order valence-electron chi connectivity index (χ3n) is 3.48. The molecule has 0 aliphatic heterocycles. The summed E-state index contributed by atoms with van der Waals surface area (Å²) in [6.45, 7) is 2.01. The van der Waals surface area contributed by atoms with E-state index in [9.17, 15) is 10.1 Å². The van der Waals surface area contributed by atoms with E-state index >= 15 is 0 Å². The van der Waals surface area contributed by atoms with Crippen molar-refractivity contribution >= 4 is 16.8 Å². The fourth-order valence-electron chi connectivity index (χ4n) is 2.45. The van der Waals surface area contributed by atoms with Crippen LogP contribution in [0.3, 0.4) is 0 Å². The zero-order chi connectivity index (χ0) is 15.0. The molecule has 1 aromatic heterocycles. The molecule has 0 spiro atoms. The number of benzene rings is 2. The Balaban J connectivity index is 2.25. The van der Waals surface area contributed by atoms with E-state index < -0.39 is 5.91 Å². The molecule has 1 amide bonds. The van der Waals surface area contributed by atoms with Crippen molar-refractivity contribution in [1.29, 1.82) is 5.26 Å². The van der Waals surface area contributed by atoms with Gasteiger partial charge in [0.25, 0.3) is 0 Å². The van der Waals surface area contributed by atoms with Crippen molar-refractivity contribution in [3.8, 4) is 11.8 Å². The first-order chi connectivity index (χ1) is 10.1. The van der Waals surface area contributed by atoms with Gasteiger partial charge >= 0.3 is 0 Å². The van der Waals surface area contributed by atoms with Gasteiger partial charge in [-0.25, -0.2) is 0 Å². The van der Waals surface area contributed by atoms with E-state index in [1.165, 1.54) is 0 Å². The van der Waals surface area contributed by atoms with Crippen molar-refractivity contribution in [3.63, 3.8) is 0 Å².